The van der Waals surface area contributed by atoms with Crippen LogP contribution in [0.5, 0.6) is 5.75 Å². The molecule has 3 nitrogen and oxygen atoms in total. The largest absolute Gasteiger partial charge is 0.490 e. The van der Waals surface area contributed by atoms with Gasteiger partial charge in [-0.2, -0.15) is 0 Å². The van der Waals surface area contributed by atoms with Crippen LogP contribution in [0.15, 0.2) is 24.3 Å². The second kappa shape index (κ2) is 6.59. The molecule has 1 aromatic rings. The second-order valence-electron chi connectivity index (χ2n) is 6.06. The molecule has 1 atom stereocenters. The molecule has 3 heteroatoms. The minimum absolute atomic E-state index is 0.450. The lowest BCUT2D eigenvalue weighted by Crippen LogP contribution is -2.44. The molecule has 2 aliphatic rings. The fourth-order valence-electron chi connectivity index (χ4n) is 3.30. The molecule has 1 unspecified atom stereocenters. The van der Waals surface area contributed by atoms with E-state index in [4.69, 9.17) is 4.74 Å². The normalized spacial score (nSPS) is 22.9. The first kappa shape index (κ1) is 13.9. The quantitative estimate of drug-likeness (QED) is 0.913. The van der Waals surface area contributed by atoms with Crippen LogP contribution in [0.3, 0.4) is 0 Å². The standard InChI is InChI=1S/C17H26N2O/c1-14(19-12-10-18-11-13-19)15-6-8-17(9-7-15)20-16-4-2-3-5-16/h6-9,14,16,18H,2-5,10-13H2,1H3. The highest BCUT2D eigenvalue weighted by Crippen LogP contribution is 2.26. The van der Waals surface area contributed by atoms with E-state index < -0.39 is 0 Å². The summed E-state index contributed by atoms with van der Waals surface area (Å²) in [5.41, 5.74) is 1.39. The van der Waals surface area contributed by atoms with Crippen molar-refractivity contribution in [1.29, 1.82) is 0 Å². The molecule has 0 spiro atoms. The molecule has 1 saturated heterocycles. The van der Waals surface area contributed by atoms with E-state index in [2.05, 4.69) is 41.4 Å². The summed E-state index contributed by atoms with van der Waals surface area (Å²) >= 11 is 0. The summed E-state index contributed by atoms with van der Waals surface area (Å²) in [4.78, 5) is 2.54. The van der Waals surface area contributed by atoms with Gasteiger partial charge in [-0.3, -0.25) is 4.90 Å². The van der Waals surface area contributed by atoms with Gasteiger partial charge in [0.2, 0.25) is 0 Å². The van der Waals surface area contributed by atoms with Gasteiger partial charge >= 0.3 is 0 Å². The summed E-state index contributed by atoms with van der Waals surface area (Å²) in [6.07, 6.45) is 5.54. The van der Waals surface area contributed by atoms with Crippen molar-refractivity contribution in [2.24, 2.45) is 0 Å². The van der Waals surface area contributed by atoms with E-state index in [-0.39, 0.29) is 0 Å². The van der Waals surface area contributed by atoms with Gasteiger partial charge in [-0.05, 0) is 50.3 Å². The average molecular weight is 274 g/mol. The average Bonchev–Trinajstić information content (AvgIpc) is 3.01. The summed E-state index contributed by atoms with van der Waals surface area (Å²) in [6, 6.07) is 9.25. The minimum atomic E-state index is 0.450. The highest BCUT2D eigenvalue weighted by Gasteiger charge is 2.19. The van der Waals surface area contributed by atoms with Crippen LogP contribution in [0.2, 0.25) is 0 Å². The minimum Gasteiger partial charge on any atom is -0.490 e. The monoisotopic (exact) mass is 274 g/mol. The fraction of sp³-hybridized carbons (Fsp3) is 0.647. The molecule has 0 radical (unpaired) electrons. The maximum Gasteiger partial charge on any atom is 0.119 e. The van der Waals surface area contributed by atoms with E-state index in [0.29, 0.717) is 12.1 Å². The molecular formula is C17H26N2O. The maximum absolute atomic E-state index is 6.03. The van der Waals surface area contributed by atoms with Crippen molar-refractivity contribution in [3.8, 4) is 5.75 Å². The Morgan fingerprint density at radius 2 is 1.75 bits per heavy atom. The predicted molar refractivity (Wildman–Crippen MR) is 82.2 cm³/mol. The topological polar surface area (TPSA) is 24.5 Å². The van der Waals surface area contributed by atoms with Crippen LogP contribution in [0.1, 0.15) is 44.2 Å². The van der Waals surface area contributed by atoms with Gasteiger partial charge in [0.15, 0.2) is 0 Å². The Bertz CT molecular complexity index is 406. The van der Waals surface area contributed by atoms with E-state index >= 15 is 0 Å². The highest BCUT2D eigenvalue weighted by atomic mass is 16.5. The Hall–Kier alpha value is -1.06. The van der Waals surface area contributed by atoms with Gasteiger partial charge in [-0.25, -0.2) is 0 Å². The zero-order valence-electron chi connectivity index (χ0n) is 12.5. The third-order valence-corrected chi connectivity index (χ3v) is 4.67. The number of rotatable bonds is 4. The van der Waals surface area contributed by atoms with Crippen LogP contribution in [-0.4, -0.2) is 37.2 Å². The third-order valence-electron chi connectivity index (χ3n) is 4.67. The Kier molecular flexibility index (Phi) is 4.58. The summed E-state index contributed by atoms with van der Waals surface area (Å²) < 4.78 is 6.03. The summed E-state index contributed by atoms with van der Waals surface area (Å²) in [7, 11) is 0. The molecule has 1 saturated carbocycles. The van der Waals surface area contributed by atoms with Gasteiger partial charge in [-0.1, -0.05) is 12.1 Å². The maximum atomic E-state index is 6.03. The van der Waals surface area contributed by atoms with Crippen LogP contribution in [-0.2, 0) is 0 Å². The molecule has 1 heterocycles. The highest BCUT2D eigenvalue weighted by molar-refractivity contribution is 5.29. The van der Waals surface area contributed by atoms with Gasteiger partial charge in [0.25, 0.3) is 0 Å². The Balaban J connectivity index is 1.59. The molecule has 1 aliphatic carbocycles. The second-order valence-corrected chi connectivity index (χ2v) is 6.06. The van der Waals surface area contributed by atoms with Gasteiger partial charge in [-0.15, -0.1) is 0 Å². The van der Waals surface area contributed by atoms with Crippen LogP contribution in [0.4, 0.5) is 0 Å². The number of nitrogens with one attached hydrogen (secondary N) is 1. The third kappa shape index (κ3) is 3.33. The van der Waals surface area contributed by atoms with E-state index in [9.17, 15) is 0 Å². The van der Waals surface area contributed by atoms with Crippen LogP contribution < -0.4 is 10.1 Å². The molecule has 3 rings (SSSR count). The summed E-state index contributed by atoms with van der Waals surface area (Å²) in [6.45, 7) is 6.79. The zero-order chi connectivity index (χ0) is 13.8. The number of ether oxygens (including phenoxy) is 1. The molecular weight excluding hydrogens is 248 g/mol. The molecule has 110 valence electrons. The smallest absolute Gasteiger partial charge is 0.119 e. The number of hydrogen-bond donors (Lipinski definition) is 1. The Labute approximate surface area is 122 Å². The number of nitrogens with zero attached hydrogens (tertiary/aromatic N) is 1. The molecule has 1 N–H and O–H groups in total. The summed E-state index contributed by atoms with van der Waals surface area (Å²) in [5.74, 6) is 1.04. The first-order valence-electron chi connectivity index (χ1n) is 8.04. The van der Waals surface area contributed by atoms with E-state index in [0.717, 1.165) is 31.9 Å². The first-order chi connectivity index (χ1) is 9.83. The SMILES string of the molecule is CC(c1ccc(OC2CCCC2)cc1)N1CCNCC1. The molecule has 20 heavy (non-hydrogen) atoms. The number of piperazine rings is 1. The molecule has 0 bridgehead atoms. The Morgan fingerprint density at radius 1 is 1.10 bits per heavy atom. The van der Waals surface area contributed by atoms with Crippen molar-refractivity contribution < 1.29 is 4.74 Å². The predicted octanol–water partition coefficient (Wildman–Crippen LogP) is 2.97. The molecule has 0 amide bonds. The van der Waals surface area contributed by atoms with E-state index in [1.165, 1.54) is 31.2 Å². The number of benzene rings is 1. The lowest BCUT2D eigenvalue weighted by Gasteiger charge is -2.33. The molecule has 0 aromatic heterocycles. The zero-order valence-corrected chi connectivity index (χ0v) is 12.5. The van der Waals surface area contributed by atoms with Crippen molar-refractivity contribution in [1.82, 2.24) is 10.2 Å². The van der Waals surface area contributed by atoms with Crippen LogP contribution >= 0.6 is 0 Å². The molecule has 1 aromatic carbocycles. The van der Waals surface area contributed by atoms with Gasteiger partial charge in [0.1, 0.15) is 5.75 Å². The molecule has 1 aliphatic heterocycles. The van der Waals surface area contributed by atoms with Crippen LogP contribution in [0, 0.1) is 0 Å². The molecule has 2 fully saturated rings. The van der Waals surface area contributed by atoms with Crippen molar-refractivity contribution >= 4 is 0 Å². The van der Waals surface area contributed by atoms with Gasteiger partial charge < -0.3 is 10.1 Å². The van der Waals surface area contributed by atoms with Gasteiger partial charge in [0.05, 0.1) is 6.10 Å². The van der Waals surface area contributed by atoms with E-state index in [1.54, 1.807) is 0 Å². The lowest BCUT2D eigenvalue weighted by molar-refractivity contribution is 0.185. The van der Waals surface area contributed by atoms with Crippen molar-refractivity contribution in [3.05, 3.63) is 29.8 Å². The van der Waals surface area contributed by atoms with Crippen molar-refractivity contribution in [2.75, 3.05) is 26.2 Å². The fourth-order valence-corrected chi connectivity index (χ4v) is 3.30. The van der Waals surface area contributed by atoms with Crippen molar-refractivity contribution in [2.45, 2.75) is 44.8 Å². The lowest BCUT2D eigenvalue weighted by atomic mass is 10.1. The first-order valence-corrected chi connectivity index (χ1v) is 8.04. The van der Waals surface area contributed by atoms with E-state index in [1.807, 2.05) is 0 Å². The number of hydrogen-bond acceptors (Lipinski definition) is 3. The summed E-state index contributed by atoms with van der Waals surface area (Å²) in [5, 5.41) is 3.41. The van der Waals surface area contributed by atoms with Crippen molar-refractivity contribution in [3.63, 3.8) is 0 Å². The van der Waals surface area contributed by atoms with Crippen LogP contribution in [0.25, 0.3) is 0 Å². The van der Waals surface area contributed by atoms with Gasteiger partial charge in [0, 0.05) is 32.2 Å². The Morgan fingerprint density at radius 3 is 2.40 bits per heavy atom.